The first kappa shape index (κ1) is 14.0. The molecule has 0 saturated carbocycles. The number of nitrogen functional groups attached to an aromatic ring is 1. The van der Waals surface area contributed by atoms with Crippen LogP contribution in [0.2, 0.25) is 0 Å². The van der Waals surface area contributed by atoms with Gasteiger partial charge in [-0.15, -0.1) is 0 Å². The zero-order valence-corrected chi connectivity index (χ0v) is 10.5. The highest BCUT2D eigenvalue weighted by Gasteiger charge is 2.06. The van der Waals surface area contributed by atoms with Crippen molar-refractivity contribution in [2.45, 2.75) is 26.2 Å². The Hall–Kier alpha value is -2.04. The van der Waals surface area contributed by atoms with Gasteiger partial charge in [0, 0.05) is 24.2 Å². The second-order valence-corrected chi connectivity index (χ2v) is 4.25. The Balaban J connectivity index is 2.36. The van der Waals surface area contributed by atoms with Gasteiger partial charge in [-0.25, -0.2) is 0 Å². The molecule has 2 amide bonds. The van der Waals surface area contributed by atoms with Crippen molar-refractivity contribution in [1.82, 2.24) is 5.32 Å². The first-order valence-corrected chi connectivity index (χ1v) is 5.93. The molecule has 5 N–H and O–H groups in total. The quantitative estimate of drug-likeness (QED) is 0.517. The van der Waals surface area contributed by atoms with E-state index in [4.69, 9.17) is 11.5 Å². The molecular weight excluding hydrogens is 230 g/mol. The summed E-state index contributed by atoms with van der Waals surface area (Å²) in [5, 5.41) is 2.77. The van der Waals surface area contributed by atoms with Crippen molar-refractivity contribution < 1.29 is 9.59 Å². The average Bonchev–Trinajstić information content (AvgIpc) is 2.31. The Kier molecular flexibility index (Phi) is 5.17. The lowest BCUT2D eigenvalue weighted by atomic mass is 10.1. The van der Waals surface area contributed by atoms with E-state index in [0.717, 1.165) is 12.0 Å². The van der Waals surface area contributed by atoms with E-state index in [1.165, 1.54) is 0 Å². The fraction of sp³-hybridized carbons (Fsp3) is 0.385. The molecule has 0 fully saturated rings. The average molecular weight is 249 g/mol. The molecule has 0 unspecified atom stereocenters. The standard InChI is InChI=1S/C13H19N3O2/c1-9-5-6-10(8-11(9)14)13(18)16-7-3-2-4-12(15)17/h5-6,8H,2-4,7,14H2,1H3,(H2,15,17)(H,16,18). The Morgan fingerprint density at radius 1 is 1.28 bits per heavy atom. The minimum atomic E-state index is -0.312. The maximum atomic E-state index is 11.7. The highest BCUT2D eigenvalue weighted by atomic mass is 16.2. The SMILES string of the molecule is Cc1ccc(C(=O)NCCCCC(N)=O)cc1N. The van der Waals surface area contributed by atoms with Crippen molar-refractivity contribution in [3.05, 3.63) is 29.3 Å². The normalized spacial score (nSPS) is 10.1. The first-order chi connectivity index (χ1) is 8.50. The molecule has 1 rings (SSSR count). The van der Waals surface area contributed by atoms with Crippen LogP contribution in [0.4, 0.5) is 5.69 Å². The van der Waals surface area contributed by atoms with Crippen LogP contribution in [0.5, 0.6) is 0 Å². The molecule has 0 atom stereocenters. The number of nitrogens with two attached hydrogens (primary N) is 2. The Morgan fingerprint density at radius 3 is 2.61 bits per heavy atom. The van der Waals surface area contributed by atoms with E-state index >= 15 is 0 Å². The van der Waals surface area contributed by atoms with Gasteiger partial charge in [-0.1, -0.05) is 6.07 Å². The number of hydrogen-bond donors (Lipinski definition) is 3. The number of primary amides is 1. The molecule has 18 heavy (non-hydrogen) atoms. The summed E-state index contributed by atoms with van der Waals surface area (Å²) in [5.74, 6) is -0.464. The second kappa shape index (κ2) is 6.64. The highest BCUT2D eigenvalue weighted by Crippen LogP contribution is 2.12. The zero-order valence-electron chi connectivity index (χ0n) is 10.5. The number of amides is 2. The number of carbonyl (C=O) groups is 2. The van der Waals surface area contributed by atoms with Crippen LogP contribution < -0.4 is 16.8 Å². The number of nitrogens with one attached hydrogen (secondary N) is 1. The van der Waals surface area contributed by atoms with E-state index in [1.807, 2.05) is 13.0 Å². The molecule has 1 aromatic carbocycles. The minimum Gasteiger partial charge on any atom is -0.398 e. The molecule has 0 radical (unpaired) electrons. The summed E-state index contributed by atoms with van der Waals surface area (Å²) in [6.45, 7) is 2.42. The molecule has 0 aliphatic heterocycles. The fourth-order valence-corrected chi connectivity index (χ4v) is 1.51. The Bertz CT molecular complexity index is 444. The third-order valence-corrected chi connectivity index (χ3v) is 2.68. The second-order valence-electron chi connectivity index (χ2n) is 4.25. The van der Waals surface area contributed by atoms with Gasteiger partial charge in [-0.05, 0) is 37.5 Å². The van der Waals surface area contributed by atoms with E-state index in [1.54, 1.807) is 12.1 Å². The summed E-state index contributed by atoms with van der Waals surface area (Å²) in [6.07, 6.45) is 1.77. The molecule has 0 aliphatic carbocycles. The molecular formula is C13H19N3O2. The number of hydrogen-bond acceptors (Lipinski definition) is 3. The van der Waals surface area contributed by atoms with E-state index in [0.29, 0.717) is 30.6 Å². The number of aryl methyl sites for hydroxylation is 1. The van der Waals surface area contributed by atoms with Gasteiger partial charge in [0.1, 0.15) is 0 Å². The van der Waals surface area contributed by atoms with Crippen LogP contribution in [-0.4, -0.2) is 18.4 Å². The van der Waals surface area contributed by atoms with Crippen molar-refractivity contribution in [3.8, 4) is 0 Å². The smallest absolute Gasteiger partial charge is 0.251 e. The fourth-order valence-electron chi connectivity index (χ4n) is 1.51. The summed E-state index contributed by atoms with van der Waals surface area (Å²) in [6, 6.07) is 5.22. The minimum absolute atomic E-state index is 0.152. The van der Waals surface area contributed by atoms with Crippen LogP contribution in [0, 0.1) is 6.92 Å². The zero-order chi connectivity index (χ0) is 13.5. The van der Waals surface area contributed by atoms with Gasteiger partial charge in [0.15, 0.2) is 0 Å². The van der Waals surface area contributed by atoms with E-state index < -0.39 is 0 Å². The molecule has 1 aromatic rings. The maximum Gasteiger partial charge on any atom is 0.251 e. The molecule has 5 nitrogen and oxygen atoms in total. The van der Waals surface area contributed by atoms with Crippen molar-refractivity contribution >= 4 is 17.5 Å². The molecule has 0 spiro atoms. The number of rotatable bonds is 6. The predicted octanol–water partition coefficient (Wildman–Crippen LogP) is 0.963. The molecule has 0 bridgehead atoms. The van der Waals surface area contributed by atoms with Crippen LogP contribution >= 0.6 is 0 Å². The van der Waals surface area contributed by atoms with Crippen LogP contribution in [-0.2, 0) is 4.79 Å². The lowest BCUT2D eigenvalue weighted by Gasteiger charge is -2.06. The topological polar surface area (TPSA) is 98.2 Å². The van der Waals surface area contributed by atoms with Crippen molar-refractivity contribution in [2.24, 2.45) is 5.73 Å². The van der Waals surface area contributed by atoms with Crippen molar-refractivity contribution in [1.29, 1.82) is 0 Å². The van der Waals surface area contributed by atoms with Crippen molar-refractivity contribution in [3.63, 3.8) is 0 Å². The highest BCUT2D eigenvalue weighted by molar-refractivity contribution is 5.95. The van der Waals surface area contributed by atoms with Crippen molar-refractivity contribution in [2.75, 3.05) is 12.3 Å². The third kappa shape index (κ3) is 4.45. The summed E-state index contributed by atoms with van der Waals surface area (Å²) < 4.78 is 0. The van der Waals surface area contributed by atoms with E-state index in [-0.39, 0.29) is 11.8 Å². The number of benzene rings is 1. The number of anilines is 1. The molecule has 0 aliphatic rings. The monoisotopic (exact) mass is 249 g/mol. The predicted molar refractivity (Wildman–Crippen MR) is 71.0 cm³/mol. The summed E-state index contributed by atoms with van der Waals surface area (Å²) in [4.78, 5) is 22.3. The van der Waals surface area contributed by atoms with Gasteiger partial charge in [0.05, 0.1) is 0 Å². The van der Waals surface area contributed by atoms with E-state index in [2.05, 4.69) is 5.32 Å². The molecule has 0 saturated heterocycles. The Morgan fingerprint density at radius 2 is 2.00 bits per heavy atom. The van der Waals surface area contributed by atoms with Gasteiger partial charge in [-0.3, -0.25) is 9.59 Å². The van der Waals surface area contributed by atoms with Crippen LogP contribution in [0.25, 0.3) is 0 Å². The van der Waals surface area contributed by atoms with E-state index in [9.17, 15) is 9.59 Å². The van der Waals surface area contributed by atoms with Gasteiger partial charge < -0.3 is 16.8 Å². The summed E-state index contributed by atoms with van der Waals surface area (Å²) >= 11 is 0. The van der Waals surface area contributed by atoms with Crippen LogP contribution in [0.15, 0.2) is 18.2 Å². The lowest BCUT2D eigenvalue weighted by molar-refractivity contribution is -0.118. The van der Waals surface area contributed by atoms with Crippen LogP contribution in [0.1, 0.15) is 35.2 Å². The third-order valence-electron chi connectivity index (χ3n) is 2.68. The lowest BCUT2D eigenvalue weighted by Crippen LogP contribution is -2.24. The van der Waals surface area contributed by atoms with Gasteiger partial charge in [0.2, 0.25) is 5.91 Å². The largest absolute Gasteiger partial charge is 0.398 e. The van der Waals surface area contributed by atoms with Crippen LogP contribution in [0.3, 0.4) is 0 Å². The Labute approximate surface area is 107 Å². The van der Waals surface area contributed by atoms with Gasteiger partial charge >= 0.3 is 0 Å². The number of carbonyl (C=O) groups excluding carboxylic acids is 2. The molecule has 98 valence electrons. The molecule has 5 heteroatoms. The summed E-state index contributed by atoms with van der Waals surface area (Å²) in [5.41, 5.74) is 12.9. The molecule has 0 heterocycles. The van der Waals surface area contributed by atoms with Gasteiger partial charge in [0.25, 0.3) is 5.91 Å². The summed E-state index contributed by atoms with van der Waals surface area (Å²) in [7, 11) is 0. The van der Waals surface area contributed by atoms with Gasteiger partial charge in [-0.2, -0.15) is 0 Å². The molecule has 0 aromatic heterocycles. The first-order valence-electron chi connectivity index (χ1n) is 5.93. The number of unbranched alkanes of at least 4 members (excludes halogenated alkanes) is 1. The maximum absolute atomic E-state index is 11.7.